The van der Waals surface area contributed by atoms with Crippen LogP contribution >= 0.6 is 0 Å². The summed E-state index contributed by atoms with van der Waals surface area (Å²) in [5, 5.41) is 17.8. The lowest BCUT2D eigenvalue weighted by Crippen LogP contribution is -2.40. The third-order valence-corrected chi connectivity index (χ3v) is 6.79. The summed E-state index contributed by atoms with van der Waals surface area (Å²) in [6, 6.07) is 14.5. The van der Waals surface area contributed by atoms with Gasteiger partial charge in [-0.15, -0.1) is 0 Å². The molecular weight excluding hydrogens is 452 g/mol. The molecule has 0 saturated carbocycles. The van der Waals surface area contributed by atoms with Gasteiger partial charge in [0.1, 0.15) is 24.0 Å². The van der Waals surface area contributed by atoms with Crippen molar-refractivity contribution in [2.24, 2.45) is 0 Å². The lowest BCUT2D eigenvalue weighted by molar-refractivity contribution is 0.262. The first kappa shape index (κ1) is 24.1. The molecule has 1 saturated heterocycles. The van der Waals surface area contributed by atoms with Crippen molar-refractivity contribution in [1.29, 1.82) is 0 Å². The summed E-state index contributed by atoms with van der Waals surface area (Å²) in [5.74, 6) is 2.57. The number of fused-ring (bicyclic) bond motifs is 1. The van der Waals surface area contributed by atoms with Crippen LogP contribution in [0.5, 0.6) is 5.75 Å². The van der Waals surface area contributed by atoms with Crippen molar-refractivity contribution in [3.8, 4) is 5.75 Å². The van der Waals surface area contributed by atoms with E-state index < -0.39 is 0 Å². The molecule has 0 radical (unpaired) electrons. The van der Waals surface area contributed by atoms with Crippen molar-refractivity contribution in [1.82, 2.24) is 19.6 Å². The Bertz CT molecular complexity index is 1270. The van der Waals surface area contributed by atoms with Crippen LogP contribution in [-0.2, 0) is 19.6 Å². The fourth-order valence-corrected chi connectivity index (χ4v) is 4.84. The predicted octanol–water partition coefficient (Wildman–Crippen LogP) is 4.62. The fourth-order valence-electron chi connectivity index (χ4n) is 4.84. The molecule has 0 amide bonds. The normalized spacial score (nSPS) is 15.8. The zero-order valence-electron chi connectivity index (χ0n) is 20.8. The van der Waals surface area contributed by atoms with Gasteiger partial charge in [0, 0.05) is 43.6 Å². The molecule has 0 bridgehead atoms. The van der Waals surface area contributed by atoms with Gasteiger partial charge in [-0.3, -0.25) is 4.98 Å². The van der Waals surface area contributed by atoms with Gasteiger partial charge >= 0.3 is 0 Å². The molecule has 2 N–H and O–H groups in total. The van der Waals surface area contributed by atoms with Gasteiger partial charge in [0.25, 0.3) is 0 Å². The molecule has 4 aromatic rings. The third-order valence-electron chi connectivity index (χ3n) is 6.79. The van der Waals surface area contributed by atoms with E-state index in [1.165, 1.54) is 6.42 Å². The van der Waals surface area contributed by atoms with Gasteiger partial charge in [-0.2, -0.15) is 9.61 Å². The van der Waals surface area contributed by atoms with Crippen molar-refractivity contribution >= 4 is 17.3 Å². The zero-order chi connectivity index (χ0) is 24.7. The molecule has 8 nitrogen and oxygen atoms in total. The lowest BCUT2D eigenvalue weighted by Gasteiger charge is -2.36. The fraction of sp³-hybridized carbons (Fsp3) is 0.393. The number of ether oxygens (including phenoxy) is 1. The van der Waals surface area contributed by atoms with E-state index in [9.17, 15) is 5.11 Å². The molecule has 36 heavy (non-hydrogen) atoms. The SMILES string of the molecule is CCc1cnn2c(NCc3cncc(OCc4ccccc4)c3)cc(N3CCCC[C@H]3CCO)nc12. The molecule has 1 aromatic carbocycles. The maximum atomic E-state index is 9.60. The number of nitrogens with zero attached hydrogens (tertiary/aromatic N) is 5. The van der Waals surface area contributed by atoms with Crippen LogP contribution in [0.25, 0.3) is 5.65 Å². The van der Waals surface area contributed by atoms with E-state index in [1.54, 1.807) is 6.20 Å². The molecule has 188 valence electrons. The number of aliphatic hydroxyl groups excluding tert-OH is 1. The number of piperidine rings is 1. The van der Waals surface area contributed by atoms with Gasteiger partial charge in [-0.1, -0.05) is 37.3 Å². The van der Waals surface area contributed by atoms with Crippen molar-refractivity contribution in [3.63, 3.8) is 0 Å². The Morgan fingerprint density at radius 2 is 1.97 bits per heavy atom. The van der Waals surface area contributed by atoms with Crippen LogP contribution in [0.15, 0.2) is 61.1 Å². The topological polar surface area (TPSA) is 87.8 Å². The Morgan fingerprint density at radius 3 is 2.81 bits per heavy atom. The van der Waals surface area contributed by atoms with Gasteiger partial charge < -0.3 is 20.1 Å². The average Bonchev–Trinajstić information content (AvgIpc) is 3.35. The van der Waals surface area contributed by atoms with Crippen LogP contribution < -0.4 is 15.0 Å². The summed E-state index contributed by atoms with van der Waals surface area (Å²) < 4.78 is 7.85. The average molecular weight is 487 g/mol. The van der Waals surface area contributed by atoms with Crippen molar-refractivity contribution in [2.75, 3.05) is 23.4 Å². The minimum absolute atomic E-state index is 0.192. The second-order valence-corrected chi connectivity index (χ2v) is 9.27. The highest BCUT2D eigenvalue weighted by Crippen LogP contribution is 2.29. The van der Waals surface area contributed by atoms with Crippen LogP contribution in [-0.4, -0.2) is 43.9 Å². The summed E-state index contributed by atoms with van der Waals surface area (Å²) >= 11 is 0. The Labute approximate surface area is 212 Å². The number of aliphatic hydroxyl groups is 1. The number of hydrogen-bond donors (Lipinski definition) is 2. The molecule has 0 aliphatic carbocycles. The van der Waals surface area contributed by atoms with E-state index in [4.69, 9.17) is 9.72 Å². The van der Waals surface area contributed by atoms with Crippen LogP contribution in [0, 0.1) is 0 Å². The number of rotatable bonds is 10. The second-order valence-electron chi connectivity index (χ2n) is 9.27. The summed E-state index contributed by atoms with van der Waals surface area (Å²) in [5.41, 5.74) is 4.14. The van der Waals surface area contributed by atoms with Crippen LogP contribution in [0.1, 0.15) is 49.3 Å². The smallest absolute Gasteiger partial charge is 0.162 e. The highest BCUT2D eigenvalue weighted by molar-refractivity contribution is 5.61. The summed E-state index contributed by atoms with van der Waals surface area (Å²) in [7, 11) is 0. The van der Waals surface area contributed by atoms with Gasteiger partial charge in [0.05, 0.1) is 12.4 Å². The largest absolute Gasteiger partial charge is 0.487 e. The maximum Gasteiger partial charge on any atom is 0.162 e. The van der Waals surface area contributed by atoms with E-state index in [2.05, 4.69) is 33.3 Å². The molecular formula is C28H34N6O2. The molecule has 4 heterocycles. The molecule has 0 spiro atoms. The minimum Gasteiger partial charge on any atom is -0.487 e. The standard InChI is InChI=1S/C28H34N6O2/c1-2-23-18-31-34-26(15-27(32-28(23)34)33-12-7-6-10-24(33)11-13-35)30-17-22-14-25(19-29-16-22)36-20-21-8-4-3-5-9-21/h3-5,8-9,14-16,18-19,24,30,35H,2,6-7,10-13,17,20H2,1H3/t24-/m0/s1. The van der Waals surface area contributed by atoms with Crippen LogP contribution in [0.4, 0.5) is 11.6 Å². The number of hydrogen-bond acceptors (Lipinski definition) is 7. The molecule has 5 rings (SSSR count). The van der Waals surface area contributed by atoms with E-state index >= 15 is 0 Å². The van der Waals surface area contributed by atoms with E-state index in [1.807, 2.05) is 53.3 Å². The Kier molecular flexibility index (Phi) is 7.61. The third kappa shape index (κ3) is 5.44. The van der Waals surface area contributed by atoms with Crippen molar-refractivity contribution in [2.45, 2.75) is 58.2 Å². The predicted molar refractivity (Wildman–Crippen MR) is 141 cm³/mol. The quantitative estimate of drug-likeness (QED) is 0.338. The van der Waals surface area contributed by atoms with Gasteiger partial charge in [-0.05, 0) is 49.3 Å². The number of nitrogens with one attached hydrogen (secondary N) is 1. The van der Waals surface area contributed by atoms with Crippen molar-refractivity contribution in [3.05, 3.63) is 77.7 Å². The molecule has 8 heteroatoms. The lowest BCUT2D eigenvalue weighted by atomic mass is 9.99. The van der Waals surface area contributed by atoms with E-state index in [0.717, 1.165) is 72.0 Å². The Morgan fingerprint density at radius 1 is 1.08 bits per heavy atom. The van der Waals surface area contributed by atoms with Crippen LogP contribution in [0.3, 0.4) is 0 Å². The zero-order valence-corrected chi connectivity index (χ0v) is 20.8. The highest BCUT2D eigenvalue weighted by Gasteiger charge is 2.25. The van der Waals surface area contributed by atoms with E-state index in [-0.39, 0.29) is 6.61 Å². The highest BCUT2D eigenvalue weighted by atomic mass is 16.5. The molecule has 1 aliphatic heterocycles. The number of aromatic nitrogens is 4. The molecule has 1 fully saturated rings. The summed E-state index contributed by atoms with van der Waals surface area (Å²) in [6.45, 7) is 4.35. The molecule has 0 unspecified atom stereocenters. The molecule has 1 atom stereocenters. The molecule has 3 aromatic heterocycles. The summed E-state index contributed by atoms with van der Waals surface area (Å²) in [6.07, 6.45) is 10.5. The summed E-state index contributed by atoms with van der Waals surface area (Å²) in [4.78, 5) is 11.8. The minimum atomic E-state index is 0.192. The van der Waals surface area contributed by atoms with Crippen molar-refractivity contribution < 1.29 is 9.84 Å². The number of anilines is 2. The number of benzene rings is 1. The second kappa shape index (κ2) is 11.4. The van der Waals surface area contributed by atoms with Gasteiger partial charge in [-0.25, -0.2) is 4.98 Å². The van der Waals surface area contributed by atoms with Crippen LogP contribution in [0.2, 0.25) is 0 Å². The number of aryl methyl sites for hydroxylation is 1. The maximum absolute atomic E-state index is 9.60. The van der Waals surface area contributed by atoms with E-state index in [0.29, 0.717) is 19.2 Å². The number of pyridine rings is 1. The monoisotopic (exact) mass is 486 g/mol. The first-order valence-electron chi connectivity index (χ1n) is 12.8. The van der Waals surface area contributed by atoms with Gasteiger partial charge in [0.15, 0.2) is 5.65 Å². The molecule has 1 aliphatic rings. The first-order valence-corrected chi connectivity index (χ1v) is 12.8. The Hall–Kier alpha value is -3.65. The Balaban J connectivity index is 1.36. The van der Waals surface area contributed by atoms with Gasteiger partial charge in [0.2, 0.25) is 0 Å². The first-order chi connectivity index (χ1) is 17.7.